The largest absolute Gasteiger partial charge is 0.299 e. The summed E-state index contributed by atoms with van der Waals surface area (Å²) in [5.41, 5.74) is 5.71. The minimum absolute atomic E-state index is 0.396. The lowest BCUT2D eigenvalue weighted by atomic mass is 9.80. The number of likely N-dealkylation sites (N-methyl/N-ethyl adjacent to an activating group) is 1. The van der Waals surface area contributed by atoms with Crippen LogP contribution in [0, 0.1) is 26.7 Å². The summed E-state index contributed by atoms with van der Waals surface area (Å²) in [7, 11) is -1.24. The van der Waals surface area contributed by atoms with Gasteiger partial charge in [0.1, 0.15) is 0 Å². The molecule has 1 fully saturated rings. The molecule has 1 atom stereocenters. The normalized spacial score (nSPS) is 21.9. The van der Waals surface area contributed by atoms with Crippen molar-refractivity contribution in [1.29, 1.82) is 0 Å². The third-order valence-corrected chi connectivity index (χ3v) is 8.93. The summed E-state index contributed by atoms with van der Waals surface area (Å²) in [6.45, 7) is 8.11. The average Bonchev–Trinajstić information content (AvgIpc) is 2.67. The van der Waals surface area contributed by atoms with Crippen LogP contribution in [0.25, 0.3) is 0 Å². The molecule has 0 aromatic heterocycles. The van der Waals surface area contributed by atoms with Gasteiger partial charge >= 0.3 is 0 Å². The monoisotopic (exact) mass is 412 g/mol. The summed E-state index contributed by atoms with van der Waals surface area (Å²) in [6.07, 6.45) is 2.92. The number of nitrogens with zero attached hydrogens (tertiary/aromatic N) is 2. The highest BCUT2D eigenvalue weighted by Gasteiger charge is 2.37. The third-order valence-electron chi connectivity index (χ3n) is 6.73. The predicted octanol–water partition coefficient (Wildman–Crippen LogP) is 4.24. The lowest BCUT2D eigenvalue weighted by molar-refractivity contribution is 0.122. The van der Waals surface area contributed by atoms with E-state index < -0.39 is 10.0 Å². The Kier molecular flexibility index (Phi) is 5.58. The smallest absolute Gasteiger partial charge is 0.243 e. The van der Waals surface area contributed by atoms with Crippen LogP contribution < -0.4 is 0 Å². The number of aryl methyl sites for hydroxylation is 3. The molecule has 1 saturated heterocycles. The van der Waals surface area contributed by atoms with Crippen LogP contribution in [-0.4, -0.2) is 44.3 Å². The highest BCUT2D eigenvalue weighted by atomic mass is 32.2. The van der Waals surface area contributed by atoms with Crippen LogP contribution >= 0.6 is 0 Å². The second kappa shape index (κ2) is 7.86. The van der Waals surface area contributed by atoms with Gasteiger partial charge in [-0.1, -0.05) is 42.0 Å². The highest BCUT2D eigenvalue weighted by molar-refractivity contribution is 7.89. The van der Waals surface area contributed by atoms with Gasteiger partial charge in [0.25, 0.3) is 0 Å². The van der Waals surface area contributed by atoms with Crippen LogP contribution in [0.3, 0.4) is 0 Å². The summed E-state index contributed by atoms with van der Waals surface area (Å²) in [5.74, 6) is 0.494. The van der Waals surface area contributed by atoms with Gasteiger partial charge in [-0.3, -0.25) is 4.90 Å². The fourth-order valence-corrected chi connectivity index (χ4v) is 7.35. The molecule has 0 amide bonds. The van der Waals surface area contributed by atoms with Crippen molar-refractivity contribution in [3.8, 4) is 0 Å². The second-order valence-corrected chi connectivity index (χ2v) is 10.7. The van der Waals surface area contributed by atoms with Crippen LogP contribution in [-0.2, 0) is 16.4 Å². The molecule has 0 bridgehead atoms. The van der Waals surface area contributed by atoms with Crippen molar-refractivity contribution in [1.82, 2.24) is 9.21 Å². The van der Waals surface area contributed by atoms with E-state index in [-0.39, 0.29) is 0 Å². The Morgan fingerprint density at radius 2 is 1.55 bits per heavy atom. The maximum atomic E-state index is 13.4. The SMILES string of the molecule is Cc1cc(C)c(S(=O)(=O)N2CCC(C3c4ccccc4CCN3C)CC2)c(C)c1. The lowest BCUT2D eigenvalue weighted by Crippen LogP contribution is -2.44. The number of sulfonamides is 1. The number of hydrogen-bond acceptors (Lipinski definition) is 3. The molecule has 1 unspecified atom stereocenters. The molecule has 0 N–H and O–H groups in total. The van der Waals surface area contributed by atoms with E-state index in [1.165, 1.54) is 11.1 Å². The number of benzene rings is 2. The second-order valence-electron chi connectivity index (χ2n) is 8.84. The number of piperidine rings is 1. The molecule has 4 nitrogen and oxygen atoms in total. The quantitative estimate of drug-likeness (QED) is 0.757. The maximum Gasteiger partial charge on any atom is 0.243 e. The van der Waals surface area contributed by atoms with E-state index in [1.54, 1.807) is 4.31 Å². The molecule has 0 radical (unpaired) electrons. The van der Waals surface area contributed by atoms with Gasteiger partial charge in [-0.25, -0.2) is 8.42 Å². The number of fused-ring (bicyclic) bond motifs is 1. The number of hydrogen-bond donors (Lipinski definition) is 0. The van der Waals surface area contributed by atoms with Gasteiger partial charge in [0.05, 0.1) is 4.90 Å². The Morgan fingerprint density at radius 3 is 2.21 bits per heavy atom. The molecule has 0 saturated carbocycles. The molecule has 2 heterocycles. The van der Waals surface area contributed by atoms with Crippen LogP contribution in [0.4, 0.5) is 0 Å². The predicted molar refractivity (Wildman–Crippen MR) is 118 cm³/mol. The molecule has 0 aliphatic carbocycles. The van der Waals surface area contributed by atoms with Gasteiger partial charge in [0, 0.05) is 25.7 Å². The number of rotatable bonds is 3. The van der Waals surface area contributed by atoms with Crippen molar-refractivity contribution in [3.05, 3.63) is 64.2 Å². The van der Waals surface area contributed by atoms with Crippen molar-refractivity contribution < 1.29 is 8.42 Å². The summed E-state index contributed by atoms with van der Waals surface area (Å²) in [6, 6.07) is 13.1. The van der Waals surface area contributed by atoms with Gasteiger partial charge in [0.2, 0.25) is 10.0 Å². The van der Waals surface area contributed by atoms with Crippen molar-refractivity contribution >= 4 is 10.0 Å². The van der Waals surface area contributed by atoms with E-state index >= 15 is 0 Å². The van der Waals surface area contributed by atoms with Gasteiger partial charge in [-0.2, -0.15) is 4.31 Å². The van der Waals surface area contributed by atoms with Crippen molar-refractivity contribution in [2.24, 2.45) is 5.92 Å². The van der Waals surface area contributed by atoms with Gasteiger partial charge in [0.15, 0.2) is 0 Å². The Labute approximate surface area is 175 Å². The topological polar surface area (TPSA) is 40.6 Å². The van der Waals surface area contributed by atoms with Gasteiger partial charge in [-0.15, -0.1) is 0 Å². The summed E-state index contributed by atoms with van der Waals surface area (Å²) in [4.78, 5) is 2.97. The zero-order chi connectivity index (χ0) is 20.8. The molecule has 0 spiro atoms. The summed E-state index contributed by atoms with van der Waals surface area (Å²) >= 11 is 0. The van der Waals surface area contributed by atoms with Crippen molar-refractivity contribution in [2.45, 2.75) is 51.0 Å². The Hall–Kier alpha value is -1.69. The minimum Gasteiger partial charge on any atom is -0.299 e. The zero-order valence-electron chi connectivity index (χ0n) is 18.0. The molecular weight excluding hydrogens is 380 g/mol. The molecular formula is C24H32N2O2S. The molecule has 2 aliphatic heterocycles. The fourth-order valence-electron chi connectivity index (χ4n) is 5.47. The summed E-state index contributed by atoms with van der Waals surface area (Å²) in [5, 5.41) is 0. The van der Waals surface area contributed by atoms with Gasteiger partial charge < -0.3 is 0 Å². The average molecular weight is 413 g/mol. The Bertz CT molecular complexity index is 984. The first-order chi connectivity index (χ1) is 13.8. The van der Waals surface area contributed by atoms with Crippen LogP contribution in [0.15, 0.2) is 41.3 Å². The molecule has 4 rings (SSSR count). The van der Waals surface area contributed by atoms with Crippen LogP contribution in [0.5, 0.6) is 0 Å². The van der Waals surface area contributed by atoms with E-state index in [9.17, 15) is 8.42 Å². The molecule has 2 aliphatic rings. The van der Waals surface area contributed by atoms with Crippen molar-refractivity contribution in [2.75, 3.05) is 26.7 Å². The maximum absolute atomic E-state index is 13.4. The molecule has 2 aromatic rings. The Morgan fingerprint density at radius 1 is 0.931 bits per heavy atom. The van der Waals surface area contributed by atoms with E-state index in [0.717, 1.165) is 42.5 Å². The first-order valence-electron chi connectivity index (χ1n) is 10.6. The van der Waals surface area contributed by atoms with Crippen molar-refractivity contribution in [3.63, 3.8) is 0 Å². The third kappa shape index (κ3) is 3.76. The van der Waals surface area contributed by atoms with Gasteiger partial charge in [-0.05, 0) is 75.3 Å². The van der Waals surface area contributed by atoms with Crippen LogP contribution in [0.1, 0.15) is 46.7 Å². The first kappa shape index (κ1) is 20.6. The van der Waals surface area contributed by atoms with E-state index in [1.807, 2.05) is 32.9 Å². The highest BCUT2D eigenvalue weighted by Crippen LogP contribution is 2.40. The molecule has 156 valence electrons. The standard InChI is InChI=1S/C24H32N2O2S/c1-17-15-18(2)24(19(3)16-17)29(27,28)26-13-10-21(11-14-26)23-22-8-6-5-7-20(22)9-12-25(23)4/h5-8,15-16,21,23H,9-14H2,1-4H3. The molecule has 2 aromatic carbocycles. The first-order valence-corrected chi connectivity index (χ1v) is 12.1. The van der Waals surface area contributed by atoms with E-state index in [2.05, 4.69) is 36.2 Å². The lowest BCUT2D eigenvalue weighted by Gasteiger charge is -2.43. The van der Waals surface area contributed by atoms with E-state index in [0.29, 0.717) is 29.9 Å². The summed E-state index contributed by atoms with van der Waals surface area (Å²) < 4.78 is 28.5. The van der Waals surface area contributed by atoms with Crippen LogP contribution in [0.2, 0.25) is 0 Å². The fraction of sp³-hybridized carbons (Fsp3) is 0.500. The minimum atomic E-state index is -3.45. The van der Waals surface area contributed by atoms with E-state index in [4.69, 9.17) is 0 Å². The molecule has 29 heavy (non-hydrogen) atoms. The molecule has 5 heteroatoms. The Balaban J connectivity index is 1.55. The zero-order valence-corrected chi connectivity index (χ0v) is 18.8.